The fraction of sp³-hybridized carbons (Fsp3) is 0.150. The summed E-state index contributed by atoms with van der Waals surface area (Å²) >= 11 is 1.25. The molecule has 28 heavy (non-hydrogen) atoms. The molecule has 0 saturated carbocycles. The van der Waals surface area contributed by atoms with E-state index in [1.165, 1.54) is 30.0 Å². The molecule has 0 fully saturated rings. The SMILES string of the molecule is C=CCn1c(SCC(=O)c2cccc([N+](=O)[O-])c2)nnc1-c1ccc(C)cc1. The Bertz CT molecular complexity index is 1030. The van der Waals surface area contributed by atoms with Crippen molar-refractivity contribution in [3.63, 3.8) is 0 Å². The predicted octanol–water partition coefficient (Wildman–Crippen LogP) is 4.32. The highest BCUT2D eigenvalue weighted by Gasteiger charge is 2.17. The zero-order chi connectivity index (χ0) is 20.1. The monoisotopic (exact) mass is 394 g/mol. The van der Waals surface area contributed by atoms with Crippen LogP contribution in [0.1, 0.15) is 15.9 Å². The van der Waals surface area contributed by atoms with E-state index in [0.29, 0.717) is 23.1 Å². The molecule has 1 aromatic heterocycles. The Kier molecular flexibility index (Phi) is 6.00. The van der Waals surface area contributed by atoms with Crippen molar-refractivity contribution in [1.29, 1.82) is 0 Å². The van der Waals surface area contributed by atoms with E-state index in [9.17, 15) is 14.9 Å². The number of aromatic nitrogens is 3. The third-order valence-electron chi connectivity index (χ3n) is 4.05. The van der Waals surface area contributed by atoms with E-state index in [1.54, 1.807) is 12.1 Å². The van der Waals surface area contributed by atoms with Crippen molar-refractivity contribution in [2.75, 3.05) is 5.75 Å². The Labute approximate surface area is 166 Å². The number of hydrogen-bond donors (Lipinski definition) is 0. The van der Waals surface area contributed by atoms with Gasteiger partial charge in [-0.15, -0.1) is 16.8 Å². The Morgan fingerprint density at radius 3 is 2.68 bits per heavy atom. The molecule has 0 unspecified atom stereocenters. The van der Waals surface area contributed by atoms with Gasteiger partial charge in [0.15, 0.2) is 16.8 Å². The topological polar surface area (TPSA) is 90.9 Å². The van der Waals surface area contributed by atoms with Gasteiger partial charge in [-0.25, -0.2) is 0 Å². The molecule has 0 bridgehead atoms. The van der Waals surface area contributed by atoms with E-state index < -0.39 is 4.92 Å². The van der Waals surface area contributed by atoms with Crippen LogP contribution in [0.4, 0.5) is 5.69 Å². The molecule has 0 radical (unpaired) electrons. The molecule has 0 aliphatic heterocycles. The number of rotatable bonds is 8. The summed E-state index contributed by atoms with van der Waals surface area (Å²) in [5, 5.41) is 20.0. The van der Waals surface area contributed by atoms with Crippen LogP contribution in [0.5, 0.6) is 0 Å². The van der Waals surface area contributed by atoms with E-state index in [4.69, 9.17) is 0 Å². The quantitative estimate of drug-likeness (QED) is 0.186. The minimum atomic E-state index is -0.515. The first kappa shape index (κ1) is 19.5. The van der Waals surface area contributed by atoms with Crippen molar-refractivity contribution in [3.8, 4) is 11.4 Å². The highest BCUT2D eigenvalue weighted by atomic mass is 32.2. The lowest BCUT2D eigenvalue weighted by Crippen LogP contribution is -2.06. The Morgan fingerprint density at radius 1 is 1.25 bits per heavy atom. The second-order valence-corrected chi connectivity index (χ2v) is 7.03. The predicted molar refractivity (Wildman–Crippen MR) is 109 cm³/mol. The average Bonchev–Trinajstić information content (AvgIpc) is 3.09. The summed E-state index contributed by atoms with van der Waals surface area (Å²) in [4.78, 5) is 22.8. The highest BCUT2D eigenvalue weighted by Crippen LogP contribution is 2.25. The van der Waals surface area contributed by atoms with Gasteiger partial charge < -0.3 is 0 Å². The number of Topliss-reactive ketones (excluding diaryl/α,β-unsaturated/α-hetero) is 1. The normalized spacial score (nSPS) is 10.6. The van der Waals surface area contributed by atoms with Crippen molar-refractivity contribution in [3.05, 3.63) is 82.4 Å². The second-order valence-electron chi connectivity index (χ2n) is 6.09. The maximum absolute atomic E-state index is 12.5. The smallest absolute Gasteiger partial charge is 0.270 e. The second kappa shape index (κ2) is 8.62. The van der Waals surface area contributed by atoms with E-state index in [-0.39, 0.29) is 17.2 Å². The average molecular weight is 394 g/mol. The van der Waals surface area contributed by atoms with Crippen molar-refractivity contribution < 1.29 is 9.72 Å². The number of nitro groups is 1. The van der Waals surface area contributed by atoms with Gasteiger partial charge in [-0.3, -0.25) is 19.5 Å². The Hall–Kier alpha value is -3.26. The number of non-ortho nitro benzene ring substituents is 1. The molecule has 0 N–H and O–H groups in total. The summed E-state index contributed by atoms with van der Waals surface area (Å²) in [5.74, 6) is 0.591. The highest BCUT2D eigenvalue weighted by molar-refractivity contribution is 7.99. The molecule has 0 atom stereocenters. The van der Waals surface area contributed by atoms with Crippen molar-refractivity contribution in [2.45, 2.75) is 18.6 Å². The maximum atomic E-state index is 12.5. The zero-order valence-corrected chi connectivity index (χ0v) is 16.1. The molecular weight excluding hydrogens is 376 g/mol. The maximum Gasteiger partial charge on any atom is 0.270 e. The van der Waals surface area contributed by atoms with Gasteiger partial charge in [-0.1, -0.05) is 59.8 Å². The van der Waals surface area contributed by atoms with Crippen LogP contribution in [-0.2, 0) is 6.54 Å². The lowest BCUT2D eigenvalue weighted by atomic mass is 10.1. The van der Waals surface area contributed by atoms with Crippen LogP contribution in [0, 0.1) is 17.0 Å². The molecule has 0 spiro atoms. The molecule has 142 valence electrons. The van der Waals surface area contributed by atoms with Crippen LogP contribution in [0.15, 0.2) is 66.3 Å². The first-order valence-electron chi connectivity index (χ1n) is 8.51. The molecule has 0 aliphatic rings. The minimum absolute atomic E-state index is 0.102. The van der Waals surface area contributed by atoms with Gasteiger partial charge in [-0.2, -0.15) is 0 Å². The summed E-state index contributed by atoms with van der Waals surface area (Å²) in [7, 11) is 0. The van der Waals surface area contributed by atoms with Crippen LogP contribution < -0.4 is 0 Å². The van der Waals surface area contributed by atoms with Gasteiger partial charge in [0.25, 0.3) is 5.69 Å². The number of aryl methyl sites for hydroxylation is 1. The number of carbonyl (C=O) groups excluding carboxylic acids is 1. The van der Waals surface area contributed by atoms with Gasteiger partial charge in [0.1, 0.15) is 0 Å². The first-order chi connectivity index (χ1) is 13.5. The number of allylic oxidation sites excluding steroid dienone is 1. The molecule has 3 rings (SSSR count). The largest absolute Gasteiger partial charge is 0.298 e. The van der Waals surface area contributed by atoms with Gasteiger partial charge in [-0.05, 0) is 6.92 Å². The fourth-order valence-electron chi connectivity index (χ4n) is 2.61. The van der Waals surface area contributed by atoms with Crippen LogP contribution in [0.3, 0.4) is 0 Å². The standard InChI is InChI=1S/C20H18N4O3S/c1-3-11-23-19(15-9-7-14(2)8-10-15)21-22-20(23)28-13-18(25)16-5-4-6-17(12-16)24(26)27/h3-10,12H,1,11,13H2,2H3. The number of ketones is 1. The lowest BCUT2D eigenvalue weighted by Gasteiger charge is -2.08. The zero-order valence-electron chi connectivity index (χ0n) is 15.2. The van der Waals surface area contributed by atoms with Crippen LogP contribution in [0.25, 0.3) is 11.4 Å². The van der Waals surface area contributed by atoms with Gasteiger partial charge in [0, 0.05) is 29.8 Å². The van der Waals surface area contributed by atoms with Crippen LogP contribution in [-0.4, -0.2) is 31.2 Å². The first-order valence-corrected chi connectivity index (χ1v) is 9.49. The molecule has 1 heterocycles. The van der Waals surface area contributed by atoms with Crippen molar-refractivity contribution in [1.82, 2.24) is 14.8 Å². The Morgan fingerprint density at radius 2 is 2.00 bits per heavy atom. The van der Waals surface area contributed by atoms with Gasteiger partial charge in [0.05, 0.1) is 10.7 Å². The van der Waals surface area contributed by atoms with Gasteiger partial charge >= 0.3 is 0 Å². The van der Waals surface area contributed by atoms with Crippen molar-refractivity contribution >= 4 is 23.2 Å². The summed E-state index contributed by atoms with van der Waals surface area (Å²) in [6.07, 6.45) is 1.74. The van der Waals surface area contributed by atoms with Gasteiger partial charge in [0.2, 0.25) is 0 Å². The number of nitrogens with zero attached hydrogens (tertiary/aromatic N) is 4. The van der Waals surface area contributed by atoms with E-state index in [2.05, 4.69) is 16.8 Å². The van der Waals surface area contributed by atoms with E-state index in [1.807, 2.05) is 35.8 Å². The Balaban J connectivity index is 1.80. The van der Waals surface area contributed by atoms with Crippen LogP contribution >= 0.6 is 11.8 Å². The molecule has 2 aromatic carbocycles. The molecule has 3 aromatic rings. The van der Waals surface area contributed by atoms with Crippen LogP contribution in [0.2, 0.25) is 0 Å². The summed E-state index contributed by atoms with van der Waals surface area (Å²) < 4.78 is 1.89. The molecule has 0 aliphatic carbocycles. The third kappa shape index (κ3) is 4.34. The van der Waals surface area contributed by atoms with E-state index >= 15 is 0 Å². The number of benzene rings is 2. The number of hydrogen-bond acceptors (Lipinski definition) is 6. The molecular formula is C20H18N4O3S. The molecule has 0 saturated heterocycles. The summed E-state index contributed by atoms with van der Waals surface area (Å²) in [6.45, 7) is 6.29. The third-order valence-corrected chi connectivity index (χ3v) is 5.02. The molecule has 0 amide bonds. The number of thioether (sulfide) groups is 1. The number of carbonyl (C=O) groups is 1. The lowest BCUT2D eigenvalue weighted by molar-refractivity contribution is -0.384. The molecule has 7 nitrogen and oxygen atoms in total. The number of nitro benzene ring substituents is 1. The van der Waals surface area contributed by atoms with Crippen molar-refractivity contribution in [2.24, 2.45) is 0 Å². The summed E-state index contributed by atoms with van der Waals surface area (Å²) in [6, 6.07) is 13.7. The minimum Gasteiger partial charge on any atom is -0.298 e. The van der Waals surface area contributed by atoms with E-state index in [0.717, 1.165) is 11.1 Å². The fourth-order valence-corrected chi connectivity index (χ4v) is 3.45. The molecule has 8 heteroatoms. The summed E-state index contributed by atoms with van der Waals surface area (Å²) in [5.41, 5.74) is 2.27.